The molecule has 2 aromatic rings. The number of anilines is 1. The largest absolute Gasteiger partial charge is 0.360 e. The van der Waals surface area contributed by atoms with Gasteiger partial charge in [-0.2, -0.15) is 5.26 Å². The van der Waals surface area contributed by atoms with E-state index in [-0.39, 0.29) is 5.82 Å². The second-order valence-electron chi connectivity index (χ2n) is 3.80. The predicted molar refractivity (Wildman–Crippen MR) is 63.0 cm³/mol. The van der Waals surface area contributed by atoms with Crippen LogP contribution in [0.15, 0.2) is 24.3 Å². The number of imidazole rings is 1. The fraction of sp³-hybridized carbons (Fsp3) is 0.167. The number of aromatic amines is 1. The molecule has 4 nitrogen and oxygen atoms in total. The van der Waals surface area contributed by atoms with Crippen molar-refractivity contribution < 1.29 is 4.39 Å². The Morgan fingerprint density at radius 1 is 1.41 bits per heavy atom. The van der Waals surface area contributed by atoms with Crippen LogP contribution in [0.25, 0.3) is 11.4 Å². The lowest BCUT2D eigenvalue weighted by Crippen LogP contribution is -2.10. The third kappa shape index (κ3) is 2.11. The van der Waals surface area contributed by atoms with Crippen LogP contribution in [-0.4, -0.2) is 24.1 Å². The van der Waals surface area contributed by atoms with Crippen LogP contribution in [0.1, 0.15) is 5.69 Å². The number of nitrogens with zero attached hydrogens (tertiary/aromatic N) is 3. The number of hydrogen-bond acceptors (Lipinski definition) is 3. The molecule has 1 aromatic heterocycles. The Morgan fingerprint density at radius 2 is 2.18 bits per heavy atom. The Balaban J connectivity index is 2.51. The van der Waals surface area contributed by atoms with Gasteiger partial charge >= 0.3 is 0 Å². The van der Waals surface area contributed by atoms with Gasteiger partial charge in [0.1, 0.15) is 17.7 Å². The van der Waals surface area contributed by atoms with Gasteiger partial charge in [0.2, 0.25) is 0 Å². The number of nitriles is 1. The van der Waals surface area contributed by atoms with Crippen LogP contribution in [0.3, 0.4) is 0 Å². The lowest BCUT2D eigenvalue weighted by Gasteiger charge is -2.07. The van der Waals surface area contributed by atoms with Crippen molar-refractivity contribution in [3.63, 3.8) is 0 Å². The maximum atomic E-state index is 13.1. The monoisotopic (exact) mass is 230 g/mol. The zero-order valence-electron chi connectivity index (χ0n) is 9.53. The molecule has 0 radical (unpaired) electrons. The summed E-state index contributed by atoms with van der Waals surface area (Å²) in [5, 5.41) is 8.96. The predicted octanol–water partition coefficient (Wildman–Crippen LogP) is 2.15. The van der Waals surface area contributed by atoms with Gasteiger partial charge in [-0.1, -0.05) is 12.1 Å². The Bertz CT molecular complexity index is 580. The van der Waals surface area contributed by atoms with Crippen LogP contribution in [0.5, 0.6) is 0 Å². The summed E-state index contributed by atoms with van der Waals surface area (Å²) >= 11 is 0. The number of benzene rings is 1. The number of aromatic nitrogens is 2. The van der Waals surface area contributed by atoms with Crippen molar-refractivity contribution in [1.82, 2.24) is 9.97 Å². The topological polar surface area (TPSA) is 55.7 Å². The minimum absolute atomic E-state index is 0.330. The van der Waals surface area contributed by atoms with Crippen LogP contribution < -0.4 is 4.90 Å². The van der Waals surface area contributed by atoms with E-state index in [4.69, 9.17) is 5.26 Å². The molecule has 1 N–H and O–H groups in total. The van der Waals surface area contributed by atoms with Gasteiger partial charge in [-0.15, -0.1) is 0 Å². The number of rotatable bonds is 2. The molecule has 0 saturated heterocycles. The van der Waals surface area contributed by atoms with Gasteiger partial charge in [0.05, 0.1) is 0 Å². The summed E-state index contributed by atoms with van der Waals surface area (Å²) in [4.78, 5) is 8.88. The number of hydrogen-bond donors (Lipinski definition) is 1. The minimum atomic E-state index is -0.330. The fourth-order valence-corrected chi connectivity index (χ4v) is 1.54. The van der Waals surface area contributed by atoms with E-state index in [1.165, 1.54) is 12.1 Å². The molecule has 2 rings (SSSR count). The Kier molecular flexibility index (Phi) is 2.79. The maximum Gasteiger partial charge on any atom is 0.165 e. The van der Waals surface area contributed by atoms with Gasteiger partial charge in [0.15, 0.2) is 11.5 Å². The van der Waals surface area contributed by atoms with E-state index >= 15 is 0 Å². The SMILES string of the molecule is CN(C)c1nc(-c2cccc(F)c2)[nH]c1C#N. The van der Waals surface area contributed by atoms with Crippen molar-refractivity contribution in [1.29, 1.82) is 5.26 Å². The Morgan fingerprint density at radius 3 is 2.71 bits per heavy atom. The average Bonchev–Trinajstić information content (AvgIpc) is 2.73. The van der Waals surface area contributed by atoms with Gasteiger partial charge < -0.3 is 9.88 Å². The van der Waals surface area contributed by atoms with Crippen LogP contribution in [-0.2, 0) is 0 Å². The zero-order chi connectivity index (χ0) is 12.4. The van der Waals surface area contributed by atoms with E-state index in [0.717, 1.165) is 0 Å². The molecule has 0 atom stereocenters. The van der Waals surface area contributed by atoms with Crippen molar-refractivity contribution in [3.8, 4) is 17.5 Å². The van der Waals surface area contributed by atoms with Gasteiger partial charge in [-0.25, -0.2) is 9.37 Å². The van der Waals surface area contributed by atoms with Crippen molar-refractivity contribution >= 4 is 5.82 Å². The van der Waals surface area contributed by atoms with Gasteiger partial charge in [0.25, 0.3) is 0 Å². The molecule has 86 valence electrons. The minimum Gasteiger partial charge on any atom is -0.360 e. The summed E-state index contributed by atoms with van der Waals surface area (Å²) in [7, 11) is 3.60. The smallest absolute Gasteiger partial charge is 0.165 e. The van der Waals surface area contributed by atoms with E-state index in [2.05, 4.69) is 9.97 Å². The molecule has 0 amide bonds. The highest BCUT2D eigenvalue weighted by Gasteiger charge is 2.12. The number of halogens is 1. The van der Waals surface area contributed by atoms with E-state index in [9.17, 15) is 4.39 Å². The lowest BCUT2D eigenvalue weighted by molar-refractivity contribution is 0.628. The molecular formula is C12H11FN4. The summed E-state index contributed by atoms with van der Waals surface area (Å²) in [6.45, 7) is 0. The van der Waals surface area contributed by atoms with Crippen molar-refractivity contribution in [2.24, 2.45) is 0 Å². The molecule has 0 aliphatic carbocycles. The first kappa shape index (κ1) is 11.1. The highest BCUT2D eigenvalue weighted by Crippen LogP contribution is 2.22. The summed E-state index contributed by atoms with van der Waals surface area (Å²) < 4.78 is 13.1. The fourth-order valence-electron chi connectivity index (χ4n) is 1.54. The van der Waals surface area contributed by atoms with Crippen molar-refractivity contribution in [2.45, 2.75) is 0 Å². The lowest BCUT2D eigenvalue weighted by atomic mass is 10.2. The van der Waals surface area contributed by atoms with E-state index in [0.29, 0.717) is 22.9 Å². The maximum absolute atomic E-state index is 13.1. The first-order valence-electron chi connectivity index (χ1n) is 5.05. The molecule has 5 heteroatoms. The van der Waals surface area contributed by atoms with Crippen LogP contribution in [0.2, 0.25) is 0 Å². The third-order valence-electron chi connectivity index (χ3n) is 2.32. The van der Waals surface area contributed by atoms with Crippen LogP contribution >= 0.6 is 0 Å². The normalized spacial score (nSPS) is 10.0. The molecule has 0 spiro atoms. The molecule has 0 fully saturated rings. The highest BCUT2D eigenvalue weighted by molar-refractivity contribution is 5.62. The first-order chi connectivity index (χ1) is 8.11. The molecular weight excluding hydrogens is 219 g/mol. The van der Waals surface area contributed by atoms with Crippen LogP contribution in [0.4, 0.5) is 10.2 Å². The summed E-state index contributed by atoms with van der Waals surface area (Å²) in [6.07, 6.45) is 0. The van der Waals surface area contributed by atoms with Crippen molar-refractivity contribution in [3.05, 3.63) is 35.8 Å². The Labute approximate surface area is 98.3 Å². The van der Waals surface area contributed by atoms with Gasteiger partial charge in [0, 0.05) is 19.7 Å². The second kappa shape index (κ2) is 4.26. The number of H-pyrrole nitrogens is 1. The Hall–Kier alpha value is -2.35. The quantitative estimate of drug-likeness (QED) is 0.860. The standard InChI is InChI=1S/C12H11FN4/c1-17(2)12-10(7-14)15-11(16-12)8-4-3-5-9(13)6-8/h3-6H,1-2H3,(H,15,16). The molecule has 0 aliphatic rings. The first-order valence-corrected chi connectivity index (χ1v) is 5.05. The summed E-state index contributed by atoms with van der Waals surface area (Å²) in [6, 6.07) is 8.11. The van der Waals surface area contributed by atoms with E-state index in [1.54, 1.807) is 31.1 Å². The van der Waals surface area contributed by atoms with E-state index < -0.39 is 0 Å². The summed E-state index contributed by atoms with van der Waals surface area (Å²) in [5.74, 6) is 0.709. The summed E-state index contributed by atoms with van der Waals surface area (Å²) in [5.41, 5.74) is 0.990. The van der Waals surface area contributed by atoms with Gasteiger partial charge in [-0.3, -0.25) is 0 Å². The molecule has 0 bridgehead atoms. The van der Waals surface area contributed by atoms with Crippen LogP contribution in [0, 0.1) is 17.1 Å². The van der Waals surface area contributed by atoms with Crippen molar-refractivity contribution in [2.75, 3.05) is 19.0 Å². The second-order valence-corrected chi connectivity index (χ2v) is 3.80. The van der Waals surface area contributed by atoms with E-state index in [1.807, 2.05) is 6.07 Å². The molecule has 1 heterocycles. The molecule has 0 aliphatic heterocycles. The zero-order valence-corrected chi connectivity index (χ0v) is 9.53. The third-order valence-corrected chi connectivity index (χ3v) is 2.32. The number of nitrogens with one attached hydrogen (secondary N) is 1. The highest BCUT2D eigenvalue weighted by atomic mass is 19.1. The molecule has 17 heavy (non-hydrogen) atoms. The molecule has 0 saturated carbocycles. The molecule has 0 unspecified atom stereocenters. The molecule has 1 aromatic carbocycles. The average molecular weight is 230 g/mol. The van der Waals surface area contributed by atoms with Gasteiger partial charge in [-0.05, 0) is 12.1 Å².